The number of urea groups is 2. The molecule has 4 aliphatic rings. The molecule has 29 heavy (non-hydrogen) atoms. The van der Waals surface area contributed by atoms with Crippen molar-refractivity contribution >= 4 is 42.3 Å². The van der Waals surface area contributed by atoms with Crippen LogP contribution in [0.15, 0.2) is 9.98 Å². The lowest BCUT2D eigenvalue weighted by Gasteiger charge is -2.39. The topological polar surface area (TPSA) is 138 Å². The number of carbonyl (C=O) groups is 5. The molecule has 4 aliphatic heterocycles. The molecule has 2 saturated heterocycles. The van der Waals surface area contributed by atoms with Crippen molar-refractivity contribution in [2.75, 3.05) is 34.2 Å². The largest absolute Gasteiger partial charge is 0.340 e. The number of rotatable bonds is 4. The van der Waals surface area contributed by atoms with E-state index in [-0.39, 0.29) is 18.9 Å². The normalized spacial score (nSPS) is 30.9. The van der Waals surface area contributed by atoms with Crippen LogP contribution >= 0.6 is 0 Å². The number of carbonyl (C=O) groups excluding carboxylic acids is 5. The van der Waals surface area contributed by atoms with E-state index in [2.05, 4.69) is 15.3 Å². The van der Waals surface area contributed by atoms with Crippen molar-refractivity contribution in [2.24, 2.45) is 9.98 Å². The van der Waals surface area contributed by atoms with Gasteiger partial charge in [0, 0.05) is 21.1 Å². The third-order valence-corrected chi connectivity index (χ3v) is 5.52. The number of imide groups is 2. The highest BCUT2D eigenvalue weighted by atomic mass is 16.2. The van der Waals surface area contributed by atoms with Gasteiger partial charge in [-0.1, -0.05) is 0 Å². The van der Waals surface area contributed by atoms with Gasteiger partial charge in [0.05, 0.1) is 25.8 Å². The Morgan fingerprint density at radius 3 is 2.10 bits per heavy atom. The van der Waals surface area contributed by atoms with E-state index in [0.29, 0.717) is 0 Å². The standard InChI is InChI=1S/C16H20N8O5/c1-20-11-9(13(26)19-15(20)28)23(6-17-11)4-8(25)5-24-7-18-12-10(24)14(27)22(3)16(29)21(12)2/h6-7,9-12H,4-5H2,1-3H3,(H,19,26,28). The van der Waals surface area contributed by atoms with Crippen LogP contribution < -0.4 is 5.32 Å². The molecule has 4 atom stereocenters. The zero-order valence-corrected chi connectivity index (χ0v) is 16.1. The number of nitrogens with zero attached hydrogens (tertiary/aromatic N) is 7. The van der Waals surface area contributed by atoms with Crippen LogP contribution in [0.5, 0.6) is 0 Å². The number of nitrogens with one attached hydrogen (secondary N) is 1. The maximum absolute atomic E-state index is 12.7. The van der Waals surface area contributed by atoms with Crippen LogP contribution in [0.1, 0.15) is 0 Å². The third-order valence-electron chi connectivity index (χ3n) is 5.52. The number of likely N-dealkylation sites (N-methyl/N-ethyl adjacent to an activating group) is 3. The van der Waals surface area contributed by atoms with Crippen molar-refractivity contribution in [1.82, 2.24) is 29.8 Å². The lowest BCUT2D eigenvalue weighted by atomic mass is 10.1. The van der Waals surface area contributed by atoms with E-state index in [1.165, 1.54) is 46.4 Å². The zero-order valence-electron chi connectivity index (χ0n) is 16.1. The van der Waals surface area contributed by atoms with Gasteiger partial charge in [0.1, 0.15) is 0 Å². The second-order valence-corrected chi connectivity index (χ2v) is 7.33. The molecule has 13 nitrogen and oxygen atoms in total. The molecule has 4 heterocycles. The van der Waals surface area contributed by atoms with Gasteiger partial charge in [0.25, 0.3) is 11.8 Å². The van der Waals surface area contributed by atoms with Crippen LogP contribution in [-0.4, -0.2) is 125 Å². The smallest absolute Gasteiger partial charge is 0.328 e. The van der Waals surface area contributed by atoms with E-state index in [1.54, 1.807) is 7.05 Å². The second-order valence-electron chi connectivity index (χ2n) is 7.33. The number of ketones is 1. The summed E-state index contributed by atoms with van der Waals surface area (Å²) in [5.41, 5.74) is 0. The summed E-state index contributed by atoms with van der Waals surface area (Å²) in [5.74, 6) is -1.22. The lowest BCUT2D eigenvalue weighted by molar-refractivity contribution is -0.136. The number of fused-ring (bicyclic) bond motifs is 2. The first-order valence-electron chi connectivity index (χ1n) is 8.92. The molecule has 0 bridgehead atoms. The van der Waals surface area contributed by atoms with E-state index >= 15 is 0 Å². The van der Waals surface area contributed by atoms with Crippen molar-refractivity contribution in [2.45, 2.75) is 24.4 Å². The molecule has 0 aromatic rings. The fraction of sp³-hybridized carbons (Fsp3) is 0.562. The minimum Gasteiger partial charge on any atom is -0.340 e. The van der Waals surface area contributed by atoms with Crippen LogP contribution in [0.25, 0.3) is 0 Å². The van der Waals surface area contributed by atoms with Crippen molar-refractivity contribution in [3.05, 3.63) is 0 Å². The summed E-state index contributed by atoms with van der Waals surface area (Å²) in [7, 11) is 4.45. The summed E-state index contributed by atoms with van der Waals surface area (Å²) in [6.45, 7) is -0.245. The van der Waals surface area contributed by atoms with Crippen LogP contribution in [-0.2, 0) is 14.4 Å². The van der Waals surface area contributed by atoms with Gasteiger partial charge < -0.3 is 19.6 Å². The van der Waals surface area contributed by atoms with Crippen molar-refractivity contribution in [3.63, 3.8) is 0 Å². The van der Waals surface area contributed by atoms with E-state index in [0.717, 1.165) is 4.90 Å². The van der Waals surface area contributed by atoms with Crippen molar-refractivity contribution in [1.29, 1.82) is 0 Å². The van der Waals surface area contributed by atoms with Crippen LogP contribution in [0, 0.1) is 0 Å². The predicted octanol–water partition coefficient (Wildman–Crippen LogP) is -2.66. The Labute approximate surface area is 165 Å². The van der Waals surface area contributed by atoms with Gasteiger partial charge in [-0.2, -0.15) is 0 Å². The number of hydrogen-bond acceptors (Lipinski definition) is 9. The summed E-state index contributed by atoms with van der Waals surface area (Å²) >= 11 is 0. The van der Waals surface area contributed by atoms with E-state index in [4.69, 9.17) is 0 Å². The minimum atomic E-state index is -0.784. The predicted molar refractivity (Wildman–Crippen MR) is 97.8 cm³/mol. The fourth-order valence-corrected chi connectivity index (χ4v) is 3.90. The molecule has 1 N–H and O–H groups in total. The number of Topliss-reactive ketones (excluding diaryl/α,β-unsaturated/α-hetero) is 1. The number of hydrogen-bond donors (Lipinski definition) is 1. The summed E-state index contributed by atoms with van der Waals surface area (Å²) in [6.07, 6.45) is 1.42. The first kappa shape index (κ1) is 18.8. The van der Waals surface area contributed by atoms with E-state index < -0.39 is 48.3 Å². The zero-order chi connectivity index (χ0) is 21.0. The monoisotopic (exact) mass is 404 g/mol. The summed E-state index contributed by atoms with van der Waals surface area (Å²) in [6, 6.07) is -2.55. The fourth-order valence-electron chi connectivity index (χ4n) is 3.90. The molecule has 0 aliphatic carbocycles. The molecule has 6 amide bonds. The molecule has 0 aromatic heterocycles. The van der Waals surface area contributed by atoms with E-state index in [9.17, 15) is 24.0 Å². The average molecular weight is 404 g/mol. The Kier molecular flexibility index (Phi) is 4.24. The molecular formula is C16H20N8O5. The summed E-state index contributed by atoms with van der Waals surface area (Å²) in [4.78, 5) is 76.1. The van der Waals surface area contributed by atoms with Gasteiger partial charge in [0.2, 0.25) is 0 Å². The molecule has 0 saturated carbocycles. The molecule has 13 heteroatoms. The maximum Gasteiger partial charge on any atom is 0.328 e. The van der Waals surface area contributed by atoms with Gasteiger partial charge in [0.15, 0.2) is 30.2 Å². The summed E-state index contributed by atoms with van der Waals surface area (Å²) < 4.78 is 0. The first-order valence-corrected chi connectivity index (χ1v) is 8.92. The quantitative estimate of drug-likeness (QED) is 0.540. The van der Waals surface area contributed by atoms with Gasteiger partial charge in [-0.25, -0.2) is 19.6 Å². The Morgan fingerprint density at radius 2 is 1.48 bits per heavy atom. The van der Waals surface area contributed by atoms with Crippen molar-refractivity contribution in [3.8, 4) is 0 Å². The molecule has 2 fully saturated rings. The Balaban J connectivity index is 1.42. The van der Waals surface area contributed by atoms with Gasteiger partial charge in [-0.3, -0.25) is 24.6 Å². The minimum absolute atomic E-state index is 0.121. The molecule has 154 valence electrons. The van der Waals surface area contributed by atoms with Crippen LogP contribution in [0.2, 0.25) is 0 Å². The highest BCUT2D eigenvalue weighted by Gasteiger charge is 2.49. The molecule has 0 spiro atoms. The van der Waals surface area contributed by atoms with E-state index in [1.807, 2.05) is 0 Å². The Bertz CT molecular complexity index is 871. The maximum atomic E-state index is 12.7. The Morgan fingerprint density at radius 1 is 0.931 bits per heavy atom. The lowest BCUT2D eigenvalue weighted by Crippen LogP contribution is -2.64. The van der Waals surface area contributed by atoms with Crippen LogP contribution in [0.3, 0.4) is 0 Å². The molecule has 4 unspecified atom stereocenters. The average Bonchev–Trinajstić information content (AvgIpc) is 3.27. The van der Waals surface area contributed by atoms with Gasteiger partial charge >= 0.3 is 12.1 Å². The highest BCUT2D eigenvalue weighted by Crippen LogP contribution is 2.25. The number of amides is 6. The first-order chi connectivity index (χ1) is 13.7. The molecular weight excluding hydrogens is 384 g/mol. The van der Waals surface area contributed by atoms with Gasteiger partial charge in [-0.15, -0.1) is 0 Å². The van der Waals surface area contributed by atoms with Gasteiger partial charge in [-0.05, 0) is 0 Å². The van der Waals surface area contributed by atoms with Crippen molar-refractivity contribution < 1.29 is 24.0 Å². The molecule has 0 aromatic carbocycles. The SMILES string of the molecule is CN1C(=O)C2C(N=CN2CC(=O)CN2C=NC3C2C(=O)NC(=O)N3C)N(C)C1=O. The third kappa shape index (κ3) is 2.80. The molecule has 0 radical (unpaired) electrons. The molecule has 4 rings (SSSR count). The van der Waals surface area contributed by atoms with Crippen LogP contribution in [0.4, 0.5) is 9.59 Å². The number of aliphatic imine (C=N–C) groups is 2. The highest BCUT2D eigenvalue weighted by molar-refractivity contribution is 6.03. The summed E-state index contributed by atoms with van der Waals surface area (Å²) in [5, 5.41) is 2.23. The Hall–Kier alpha value is -3.51. The second kappa shape index (κ2) is 6.53.